The number of hydrogen-bond acceptors (Lipinski definition) is 5. The molecule has 2 aliphatic rings. The van der Waals surface area contributed by atoms with Gasteiger partial charge in [0.2, 0.25) is 0 Å². The first kappa shape index (κ1) is 14.5. The maximum absolute atomic E-state index is 12.1. The van der Waals surface area contributed by atoms with Gasteiger partial charge in [-0.1, -0.05) is 0 Å². The molecule has 2 aliphatic heterocycles. The molecule has 1 aromatic heterocycles. The molecule has 0 spiro atoms. The van der Waals surface area contributed by atoms with E-state index in [1.165, 1.54) is 16.2 Å². The van der Waals surface area contributed by atoms with E-state index in [0.29, 0.717) is 18.2 Å². The highest BCUT2D eigenvalue weighted by Gasteiger charge is 2.25. The Kier molecular flexibility index (Phi) is 4.21. The Morgan fingerprint density at radius 2 is 1.95 bits per heavy atom. The first-order valence-corrected chi connectivity index (χ1v) is 8.22. The second kappa shape index (κ2) is 6.11. The average Bonchev–Trinajstić information content (AvgIpc) is 2.88. The number of hydrogen-bond donors (Lipinski definition) is 1. The average molecular weight is 308 g/mol. The lowest BCUT2D eigenvalue weighted by Gasteiger charge is -2.25. The zero-order valence-corrected chi connectivity index (χ0v) is 13.0. The van der Waals surface area contributed by atoms with E-state index in [4.69, 9.17) is 0 Å². The molecule has 114 valence electrons. The molecule has 0 unspecified atom stereocenters. The number of anilines is 1. The lowest BCUT2D eigenvalue weighted by Crippen LogP contribution is -2.42. The van der Waals surface area contributed by atoms with Gasteiger partial charge in [-0.25, -0.2) is 4.98 Å². The Balaban J connectivity index is 1.63. The van der Waals surface area contributed by atoms with Crippen molar-refractivity contribution in [2.75, 3.05) is 32.0 Å². The minimum Gasteiger partial charge on any atom is -0.334 e. The number of nitrogens with one attached hydrogen (secondary N) is 1. The zero-order chi connectivity index (χ0) is 14.8. The summed E-state index contributed by atoms with van der Waals surface area (Å²) in [6.07, 6.45) is 4.00. The molecule has 0 aliphatic carbocycles. The van der Waals surface area contributed by atoms with Crippen LogP contribution in [-0.2, 0) is 22.6 Å². The minimum absolute atomic E-state index is 0.431. The predicted molar refractivity (Wildman–Crippen MR) is 81.2 cm³/mol. The lowest BCUT2D eigenvalue weighted by atomic mass is 10.1. The van der Waals surface area contributed by atoms with E-state index < -0.39 is 11.8 Å². The number of likely N-dealkylation sites (tertiary alicyclic amines) is 1. The number of piperidine rings is 1. The number of fused-ring (bicyclic) bond motifs is 1. The Morgan fingerprint density at radius 3 is 2.71 bits per heavy atom. The summed E-state index contributed by atoms with van der Waals surface area (Å²) < 4.78 is 0. The quantitative estimate of drug-likeness (QED) is 0.789. The van der Waals surface area contributed by atoms with E-state index in [1.54, 1.807) is 4.90 Å². The molecule has 1 N–H and O–H groups in total. The smallest absolute Gasteiger partial charge is 0.315 e. The van der Waals surface area contributed by atoms with Crippen LogP contribution in [0.3, 0.4) is 0 Å². The molecule has 6 nitrogen and oxygen atoms in total. The first-order chi connectivity index (χ1) is 10.1. The van der Waals surface area contributed by atoms with Gasteiger partial charge < -0.3 is 9.80 Å². The van der Waals surface area contributed by atoms with Crippen molar-refractivity contribution in [1.82, 2.24) is 14.8 Å². The molecular formula is C14H20N4O2S. The molecule has 3 rings (SSSR count). The second-order valence-corrected chi connectivity index (χ2v) is 6.77. The van der Waals surface area contributed by atoms with Crippen molar-refractivity contribution in [3.05, 3.63) is 10.6 Å². The van der Waals surface area contributed by atoms with Gasteiger partial charge in [0.25, 0.3) is 0 Å². The SMILES string of the molecule is CN1CCc2nc(NC(=O)C(=O)N3CCCCC3)sc2C1. The largest absolute Gasteiger partial charge is 0.334 e. The zero-order valence-electron chi connectivity index (χ0n) is 12.2. The molecule has 3 heterocycles. The molecule has 0 bridgehead atoms. The molecule has 1 saturated heterocycles. The number of rotatable bonds is 1. The van der Waals surface area contributed by atoms with Gasteiger partial charge in [-0.2, -0.15) is 0 Å². The van der Waals surface area contributed by atoms with Crippen LogP contribution in [0.1, 0.15) is 29.8 Å². The fourth-order valence-electron chi connectivity index (χ4n) is 2.77. The highest BCUT2D eigenvalue weighted by Crippen LogP contribution is 2.27. The van der Waals surface area contributed by atoms with Crippen LogP contribution in [0, 0.1) is 0 Å². The third-order valence-electron chi connectivity index (χ3n) is 3.98. The second-order valence-electron chi connectivity index (χ2n) is 5.68. The molecule has 1 aromatic rings. The summed E-state index contributed by atoms with van der Waals surface area (Å²) in [7, 11) is 2.07. The van der Waals surface area contributed by atoms with Crippen LogP contribution in [0.2, 0.25) is 0 Å². The molecule has 21 heavy (non-hydrogen) atoms. The van der Waals surface area contributed by atoms with Crippen molar-refractivity contribution in [2.24, 2.45) is 0 Å². The fraction of sp³-hybridized carbons (Fsp3) is 0.643. The molecule has 7 heteroatoms. The topological polar surface area (TPSA) is 65.5 Å². The van der Waals surface area contributed by atoms with Gasteiger partial charge in [-0.15, -0.1) is 11.3 Å². The first-order valence-electron chi connectivity index (χ1n) is 7.41. The molecule has 2 amide bonds. The molecule has 0 saturated carbocycles. The fourth-order valence-corrected chi connectivity index (χ4v) is 3.85. The molecule has 0 atom stereocenters. The van der Waals surface area contributed by atoms with Crippen molar-refractivity contribution >= 4 is 28.3 Å². The van der Waals surface area contributed by atoms with Crippen molar-refractivity contribution in [1.29, 1.82) is 0 Å². The minimum atomic E-state index is -0.559. The highest BCUT2D eigenvalue weighted by atomic mass is 32.1. The third kappa shape index (κ3) is 3.24. The summed E-state index contributed by atoms with van der Waals surface area (Å²) in [6, 6.07) is 0. The van der Waals surface area contributed by atoms with Gasteiger partial charge in [0.15, 0.2) is 5.13 Å². The van der Waals surface area contributed by atoms with E-state index >= 15 is 0 Å². The molecular weight excluding hydrogens is 288 g/mol. The van der Waals surface area contributed by atoms with E-state index in [1.807, 2.05) is 0 Å². The van der Waals surface area contributed by atoms with Gasteiger partial charge in [0.05, 0.1) is 5.69 Å². The van der Waals surface area contributed by atoms with Crippen LogP contribution in [0.5, 0.6) is 0 Å². The number of nitrogens with zero attached hydrogens (tertiary/aromatic N) is 3. The number of thiazole rings is 1. The summed E-state index contributed by atoms with van der Waals surface area (Å²) in [5.41, 5.74) is 1.05. The standard InChI is InChI=1S/C14H20N4O2S/c1-17-8-5-10-11(9-17)21-14(15-10)16-12(19)13(20)18-6-3-2-4-7-18/h2-9H2,1H3,(H,15,16,19). The van der Waals surface area contributed by atoms with E-state index in [0.717, 1.165) is 44.5 Å². The molecule has 0 aromatic carbocycles. The van der Waals surface area contributed by atoms with Gasteiger partial charge in [-0.3, -0.25) is 14.9 Å². The van der Waals surface area contributed by atoms with Crippen LogP contribution in [-0.4, -0.2) is 53.3 Å². The third-order valence-corrected chi connectivity index (χ3v) is 4.98. The predicted octanol–water partition coefficient (Wildman–Crippen LogP) is 1.08. The van der Waals surface area contributed by atoms with Crippen molar-refractivity contribution in [3.63, 3.8) is 0 Å². The van der Waals surface area contributed by atoms with Gasteiger partial charge >= 0.3 is 11.8 Å². The van der Waals surface area contributed by atoms with Crippen LogP contribution < -0.4 is 5.32 Å². The van der Waals surface area contributed by atoms with Crippen molar-refractivity contribution in [2.45, 2.75) is 32.2 Å². The number of amides is 2. The normalized spacial score (nSPS) is 19.2. The number of likely N-dealkylation sites (N-methyl/N-ethyl adjacent to an activating group) is 1. The number of aromatic nitrogens is 1. The van der Waals surface area contributed by atoms with Crippen LogP contribution in [0.4, 0.5) is 5.13 Å². The number of carbonyl (C=O) groups is 2. The van der Waals surface area contributed by atoms with Crippen molar-refractivity contribution in [3.8, 4) is 0 Å². The maximum Gasteiger partial charge on any atom is 0.315 e. The molecule has 0 radical (unpaired) electrons. The maximum atomic E-state index is 12.1. The van der Waals surface area contributed by atoms with Crippen molar-refractivity contribution < 1.29 is 9.59 Å². The Hall–Kier alpha value is -1.47. The lowest BCUT2D eigenvalue weighted by molar-refractivity contribution is -0.143. The molecule has 1 fully saturated rings. The van der Waals surface area contributed by atoms with Crippen LogP contribution in [0.25, 0.3) is 0 Å². The summed E-state index contributed by atoms with van der Waals surface area (Å²) in [6.45, 7) is 3.22. The highest BCUT2D eigenvalue weighted by molar-refractivity contribution is 7.16. The van der Waals surface area contributed by atoms with Gasteiger partial charge in [-0.05, 0) is 26.3 Å². The van der Waals surface area contributed by atoms with Gasteiger partial charge in [0.1, 0.15) is 0 Å². The Bertz CT molecular complexity index is 551. The number of carbonyl (C=O) groups excluding carboxylic acids is 2. The summed E-state index contributed by atoms with van der Waals surface area (Å²) in [5.74, 6) is -0.989. The Morgan fingerprint density at radius 1 is 1.19 bits per heavy atom. The summed E-state index contributed by atoms with van der Waals surface area (Å²) in [4.78, 5) is 33.6. The van der Waals surface area contributed by atoms with E-state index in [2.05, 4.69) is 22.2 Å². The van der Waals surface area contributed by atoms with E-state index in [-0.39, 0.29) is 0 Å². The monoisotopic (exact) mass is 308 g/mol. The van der Waals surface area contributed by atoms with Crippen LogP contribution >= 0.6 is 11.3 Å². The summed E-state index contributed by atoms with van der Waals surface area (Å²) in [5, 5.41) is 3.22. The van der Waals surface area contributed by atoms with Gasteiger partial charge in [0, 0.05) is 37.5 Å². The van der Waals surface area contributed by atoms with Crippen LogP contribution in [0.15, 0.2) is 0 Å². The van der Waals surface area contributed by atoms with E-state index in [9.17, 15) is 9.59 Å². The summed E-state index contributed by atoms with van der Waals surface area (Å²) >= 11 is 1.48. The Labute approximate surface area is 128 Å².